The molecule has 3 heteroatoms. The van der Waals surface area contributed by atoms with Crippen LogP contribution in [0.5, 0.6) is 0 Å². The van der Waals surface area contributed by atoms with Crippen LogP contribution in [-0.4, -0.2) is 26.0 Å². The van der Waals surface area contributed by atoms with Crippen molar-refractivity contribution >= 4 is 5.91 Å². The van der Waals surface area contributed by atoms with Crippen molar-refractivity contribution in [2.24, 2.45) is 0 Å². The Morgan fingerprint density at radius 1 is 0.938 bits per heavy atom. The van der Waals surface area contributed by atoms with Crippen molar-refractivity contribution in [3.8, 4) is 0 Å². The van der Waals surface area contributed by atoms with Crippen LogP contribution in [0.2, 0.25) is 0 Å². The summed E-state index contributed by atoms with van der Waals surface area (Å²) in [6.07, 6.45) is 9.62. The van der Waals surface area contributed by atoms with E-state index in [0.29, 0.717) is 6.42 Å². The maximum atomic E-state index is 10.9. The van der Waals surface area contributed by atoms with Gasteiger partial charge in [-0.3, -0.25) is 4.79 Å². The number of amides is 1. The van der Waals surface area contributed by atoms with Crippen molar-refractivity contribution in [2.75, 3.05) is 20.1 Å². The quantitative estimate of drug-likeness (QED) is 0.533. The van der Waals surface area contributed by atoms with Gasteiger partial charge in [0.1, 0.15) is 0 Å². The molecular weight excluding hydrogens is 200 g/mol. The van der Waals surface area contributed by atoms with Gasteiger partial charge in [-0.1, -0.05) is 39.0 Å². The first-order valence-electron chi connectivity index (χ1n) is 6.72. The van der Waals surface area contributed by atoms with Crippen molar-refractivity contribution in [1.29, 1.82) is 0 Å². The predicted molar refractivity (Wildman–Crippen MR) is 69.5 cm³/mol. The highest BCUT2D eigenvalue weighted by atomic mass is 16.1. The van der Waals surface area contributed by atoms with E-state index in [0.717, 1.165) is 19.5 Å². The Labute approximate surface area is 100 Å². The molecule has 0 saturated carbocycles. The van der Waals surface area contributed by atoms with E-state index in [-0.39, 0.29) is 5.91 Å². The zero-order chi connectivity index (χ0) is 12.1. The number of unbranched alkanes of at least 4 members (excludes halogenated alkanes) is 5. The van der Waals surface area contributed by atoms with Crippen LogP contribution >= 0.6 is 0 Å². The number of carbonyl (C=O) groups is 1. The minimum Gasteiger partial charge on any atom is -0.359 e. The molecule has 0 heterocycles. The maximum absolute atomic E-state index is 10.9. The number of hydrogen-bond acceptors (Lipinski definition) is 2. The summed E-state index contributed by atoms with van der Waals surface area (Å²) in [6, 6.07) is 0. The molecule has 0 aliphatic rings. The lowest BCUT2D eigenvalue weighted by atomic mass is 10.1. The van der Waals surface area contributed by atoms with Gasteiger partial charge in [-0.2, -0.15) is 0 Å². The van der Waals surface area contributed by atoms with Gasteiger partial charge in [0.05, 0.1) is 0 Å². The standard InChI is InChI=1S/C13H28N2O/c1-3-4-5-6-7-8-11-15-12-9-10-13(16)14-2/h15H,3-12H2,1-2H3,(H,14,16). The van der Waals surface area contributed by atoms with Crippen LogP contribution in [0.25, 0.3) is 0 Å². The first-order valence-corrected chi connectivity index (χ1v) is 6.72. The largest absolute Gasteiger partial charge is 0.359 e. The molecule has 0 aliphatic heterocycles. The van der Waals surface area contributed by atoms with Crippen molar-refractivity contribution in [1.82, 2.24) is 10.6 Å². The molecule has 0 aliphatic carbocycles. The smallest absolute Gasteiger partial charge is 0.219 e. The number of carbonyl (C=O) groups excluding carboxylic acids is 1. The van der Waals surface area contributed by atoms with Crippen molar-refractivity contribution in [2.45, 2.75) is 58.3 Å². The van der Waals surface area contributed by atoms with Gasteiger partial charge >= 0.3 is 0 Å². The van der Waals surface area contributed by atoms with Crippen LogP contribution < -0.4 is 10.6 Å². The molecule has 0 aromatic heterocycles. The lowest BCUT2D eigenvalue weighted by Crippen LogP contribution is -2.21. The minimum atomic E-state index is 0.140. The third-order valence-electron chi connectivity index (χ3n) is 2.74. The topological polar surface area (TPSA) is 41.1 Å². The van der Waals surface area contributed by atoms with Crippen molar-refractivity contribution in [3.63, 3.8) is 0 Å². The van der Waals surface area contributed by atoms with Gasteiger partial charge in [0, 0.05) is 13.5 Å². The molecule has 0 aromatic carbocycles. The highest BCUT2D eigenvalue weighted by molar-refractivity contribution is 5.75. The molecule has 2 N–H and O–H groups in total. The average molecular weight is 228 g/mol. The lowest BCUT2D eigenvalue weighted by Gasteiger charge is -2.04. The fraction of sp³-hybridized carbons (Fsp3) is 0.923. The Morgan fingerprint density at radius 3 is 2.25 bits per heavy atom. The first-order chi connectivity index (χ1) is 7.81. The lowest BCUT2D eigenvalue weighted by molar-refractivity contribution is -0.120. The molecule has 0 rings (SSSR count). The summed E-state index contributed by atoms with van der Waals surface area (Å²) in [5.41, 5.74) is 0. The summed E-state index contributed by atoms with van der Waals surface area (Å²) in [7, 11) is 1.69. The fourth-order valence-corrected chi connectivity index (χ4v) is 1.65. The molecule has 0 fully saturated rings. The van der Waals surface area contributed by atoms with E-state index in [9.17, 15) is 4.79 Å². The zero-order valence-corrected chi connectivity index (χ0v) is 11.0. The molecule has 16 heavy (non-hydrogen) atoms. The monoisotopic (exact) mass is 228 g/mol. The fourth-order valence-electron chi connectivity index (χ4n) is 1.65. The number of nitrogens with one attached hydrogen (secondary N) is 2. The second kappa shape index (κ2) is 12.5. The Morgan fingerprint density at radius 2 is 1.56 bits per heavy atom. The Hall–Kier alpha value is -0.570. The summed E-state index contributed by atoms with van der Waals surface area (Å²) in [4.78, 5) is 10.9. The Balaban J connectivity index is 2.96. The molecule has 0 atom stereocenters. The molecule has 96 valence electrons. The molecule has 0 unspecified atom stereocenters. The van der Waals surface area contributed by atoms with Crippen LogP contribution in [0.3, 0.4) is 0 Å². The molecule has 0 aromatic rings. The van der Waals surface area contributed by atoms with Crippen LogP contribution in [0.4, 0.5) is 0 Å². The first kappa shape index (κ1) is 15.4. The second-order valence-electron chi connectivity index (χ2n) is 4.29. The van der Waals surface area contributed by atoms with Crippen LogP contribution in [0.15, 0.2) is 0 Å². The van der Waals surface area contributed by atoms with Gasteiger partial charge in [-0.25, -0.2) is 0 Å². The van der Waals surface area contributed by atoms with Gasteiger partial charge in [-0.15, -0.1) is 0 Å². The third kappa shape index (κ3) is 11.5. The van der Waals surface area contributed by atoms with E-state index in [2.05, 4.69) is 17.6 Å². The highest BCUT2D eigenvalue weighted by Crippen LogP contribution is 2.03. The molecule has 0 bridgehead atoms. The highest BCUT2D eigenvalue weighted by Gasteiger charge is 1.96. The molecular formula is C13H28N2O. The summed E-state index contributed by atoms with van der Waals surface area (Å²) in [5, 5.41) is 6.00. The minimum absolute atomic E-state index is 0.140. The molecule has 0 saturated heterocycles. The maximum Gasteiger partial charge on any atom is 0.219 e. The van der Waals surface area contributed by atoms with Gasteiger partial charge in [0.25, 0.3) is 0 Å². The predicted octanol–water partition coefficient (Wildman–Crippen LogP) is 2.46. The Kier molecular flexibility index (Phi) is 12.1. The van der Waals surface area contributed by atoms with Gasteiger partial charge in [0.2, 0.25) is 5.91 Å². The summed E-state index contributed by atoms with van der Waals surface area (Å²) in [6.45, 7) is 4.30. The van der Waals surface area contributed by atoms with E-state index >= 15 is 0 Å². The molecule has 0 spiro atoms. The average Bonchev–Trinajstić information content (AvgIpc) is 2.31. The van der Waals surface area contributed by atoms with Crippen molar-refractivity contribution < 1.29 is 4.79 Å². The van der Waals surface area contributed by atoms with E-state index < -0.39 is 0 Å². The van der Waals surface area contributed by atoms with Crippen LogP contribution in [-0.2, 0) is 4.79 Å². The summed E-state index contributed by atoms with van der Waals surface area (Å²) >= 11 is 0. The number of rotatable bonds is 11. The van der Waals surface area contributed by atoms with E-state index in [4.69, 9.17) is 0 Å². The molecule has 3 nitrogen and oxygen atoms in total. The van der Waals surface area contributed by atoms with E-state index in [1.54, 1.807) is 7.05 Å². The SMILES string of the molecule is CCCCCCCCNCCCC(=O)NC. The Bertz CT molecular complexity index is 160. The molecule has 0 radical (unpaired) electrons. The number of hydrogen-bond donors (Lipinski definition) is 2. The van der Waals surface area contributed by atoms with Crippen molar-refractivity contribution in [3.05, 3.63) is 0 Å². The normalized spacial score (nSPS) is 10.4. The van der Waals surface area contributed by atoms with Crippen LogP contribution in [0.1, 0.15) is 58.3 Å². The van der Waals surface area contributed by atoms with E-state index in [1.807, 2.05) is 0 Å². The van der Waals surface area contributed by atoms with Gasteiger partial charge in [0.15, 0.2) is 0 Å². The zero-order valence-electron chi connectivity index (χ0n) is 11.0. The van der Waals surface area contributed by atoms with E-state index in [1.165, 1.54) is 38.5 Å². The second-order valence-corrected chi connectivity index (χ2v) is 4.29. The third-order valence-corrected chi connectivity index (χ3v) is 2.74. The summed E-state index contributed by atoms with van der Waals surface area (Å²) < 4.78 is 0. The van der Waals surface area contributed by atoms with Crippen LogP contribution in [0, 0.1) is 0 Å². The van der Waals surface area contributed by atoms with Gasteiger partial charge < -0.3 is 10.6 Å². The van der Waals surface area contributed by atoms with Gasteiger partial charge in [-0.05, 0) is 25.9 Å². The molecule has 1 amide bonds. The summed E-state index contributed by atoms with van der Waals surface area (Å²) in [5.74, 6) is 0.140.